The number of carbonyl (C=O) groups is 1. The van der Waals surface area contributed by atoms with Crippen molar-refractivity contribution in [1.29, 1.82) is 0 Å². The van der Waals surface area contributed by atoms with Crippen LogP contribution in [0.4, 0.5) is 0 Å². The van der Waals surface area contributed by atoms with Gasteiger partial charge in [-0.3, -0.25) is 9.69 Å². The topological polar surface area (TPSA) is 60.8 Å². The molecule has 1 aromatic rings. The van der Waals surface area contributed by atoms with Crippen molar-refractivity contribution in [2.75, 3.05) is 0 Å². The Bertz CT molecular complexity index is 366. The van der Waals surface area contributed by atoms with E-state index in [9.17, 15) is 9.90 Å². The van der Waals surface area contributed by atoms with Crippen LogP contribution in [0.1, 0.15) is 18.4 Å². The third-order valence-corrected chi connectivity index (χ3v) is 2.97. The second-order valence-electron chi connectivity index (χ2n) is 4.07. The Kier molecular flexibility index (Phi) is 3.22. The molecule has 0 amide bonds. The SMILES string of the molecule is O=C(O)C1CCC(O)N1Cc1ccccc1. The molecule has 16 heavy (non-hydrogen) atoms. The van der Waals surface area contributed by atoms with E-state index in [-0.39, 0.29) is 0 Å². The number of carboxylic acids is 1. The van der Waals surface area contributed by atoms with Crippen molar-refractivity contribution in [2.45, 2.75) is 31.7 Å². The van der Waals surface area contributed by atoms with Crippen LogP contribution < -0.4 is 0 Å². The summed E-state index contributed by atoms with van der Waals surface area (Å²) in [7, 11) is 0. The Hall–Kier alpha value is -1.39. The van der Waals surface area contributed by atoms with Gasteiger partial charge in [-0.2, -0.15) is 0 Å². The molecule has 1 aliphatic rings. The van der Waals surface area contributed by atoms with Crippen molar-refractivity contribution in [3.8, 4) is 0 Å². The standard InChI is InChI=1S/C12H15NO3/c14-11-7-6-10(12(15)16)13(11)8-9-4-2-1-3-5-9/h1-5,10-11,14H,6-8H2,(H,15,16). The van der Waals surface area contributed by atoms with Crippen molar-refractivity contribution in [1.82, 2.24) is 4.90 Å². The van der Waals surface area contributed by atoms with Gasteiger partial charge in [-0.25, -0.2) is 0 Å². The van der Waals surface area contributed by atoms with Gasteiger partial charge in [0, 0.05) is 6.54 Å². The van der Waals surface area contributed by atoms with Gasteiger partial charge in [-0.15, -0.1) is 0 Å². The summed E-state index contributed by atoms with van der Waals surface area (Å²) in [6.07, 6.45) is 0.411. The van der Waals surface area contributed by atoms with Crippen molar-refractivity contribution < 1.29 is 15.0 Å². The van der Waals surface area contributed by atoms with E-state index in [2.05, 4.69) is 0 Å². The maximum absolute atomic E-state index is 11.0. The number of aliphatic hydroxyl groups excluding tert-OH is 1. The molecule has 1 aromatic carbocycles. The van der Waals surface area contributed by atoms with E-state index in [1.807, 2.05) is 30.3 Å². The predicted molar refractivity (Wildman–Crippen MR) is 58.6 cm³/mol. The first-order valence-electron chi connectivity index (χ1n) is 5.39. The molecule has 0 spiro atoms. The van der Waals surface area contributed by atoms with Gasteiger partial charge in [0.2, 0.25) is 0 Å². The van der Waals surface area contributed by atoms with Gasteiger partial charge in [-0.1, -0.05) is 30.3 Å². The van der Waals surface area contributed by atoms with E-state index in [1.165, 1.54) is 0 Å². The second kappa shape index (κ2) is 4.63. The number of aliphatic carboxylic acids is 1. The van der Waals surface area contributed by atoms with Gasteiger partial charge in [-0.05, 0) is 18.4 Å². The largest absolute Gasteiger partial charge is 0.480 e. The number of nitrogens with zero attached hydrogens (tertiary/aromatic N) is 1. The maximum atomic E-state index is 11.0. The zero-order valence-electron chi connectivity index (χ0n) is 8.91. The summed E-state index contributed by atoms with van der Waals surface area (Å²) in [6.45, 7) is 0.485. The maximum Gasteiger partial charge on any atom is 0.321 e. The van der Waals surface area contributed by atoms with Gasteiger partial charge in [0.05, 0.1) is 0 Å². The van der Waals surface area contributed by atoms with Crippen LogP contribution in [0.5, 0.6) is 0 Å². The normalized spacial score (nSPS) is 25.8. The van der Waals surface area contributed by atoms with Crippen LogP contribution >= 0.6 is 0 Å². The third-order valence-electron chi connectivity index (χ3n) is 2.97. The molecule has 4 heteroatoms. The van der Waals surface area contributed by atoms with Crippen LogP contribution in [0, 0.1) is 0 Å². The van der Waals surface area contributed by atoms with Crippen LogP contribution in [0.3, 0.4) is 0 Å². The number of hydrogen-bond acceptors (Lipinski definition) is 3. The molecule has 1 fully saturated rings. The highest BCUT2D eigenvalue weighted by atomic mass is 16.4. The van der Waals surface area contributed by atoms with Crippen LogP contribution in [-0.2, 0) is 11.3 Å². The Labute approximate surface area is 94.1 Å². The first kappa shape index (κ1) is 11.1. The number of hydrogen-bond donors (Lipinski definition) is 2. The summed E-state index contributed by atoms with van der Waals surface area (Å²) in [5.74, 6) is -0.854. The molecular weight excluding hydrogens is 206 g/mol. The van der Waals surface area contributed by atoms with Crippen molar-refractivity contribution in [3.05, 3.63) is 35.9 Å². The molecule has 1 saturated heterocycles. The Morgan fingerprint density at radius 2 is 2.00 bits per heavy atom. The molecule has 2 N–H and O–H groups in total. The summed E-state index contributed by atoms with van der Waals surface area (Å²) in [4.78, 5) is 12.6. The molecule has 1 aliphatic heterocycles. The summed E-state index contributed by atoms with van der Waals surface area (Å²) >= 11 is 0. The second-order valence-corrected chi connectivity index (χ2v) is 4.07. The summed E-state index contributed by atoms with van der Waals surface area (Å²) < 4.78 is 0. The first-order valence-corrected chi connectivity index (χ1v) is 5.39. The number of likely N-dealkylation sites (tertiary alicyclic amines) is 1. The smallest absolute Gasteiger partial charge is 0.321 e. The van der Waals surface area contributed by atoms with Crippen LogP contribution in [0.15, 0.2) is 30.3 Å². The average molecular weight is 221 g/mol. The highest BCUT2D eigenvalue weighted by Crippen LogP contribution is 2.24. The zero-order chi connectivity index (χ0) is 11.5. The molecule has 1 heterocycles. The first-order chi connectivity index (χ1) is 7.68. The summed E-state index contributed by atoms with van der Waals surface area (Å²) in [5.41, 5.74) is 1.02. The molecular formula is C12H15NO3. The van der Waals surface area contributed by atoms with Crippen molar-refractivity contribution in [2.24, 2.45) is 0 Å². The lowest BCUT2D eigenvalue weighted by atomic mass is 10.2. The van der Waals surface area contributed by atoms with E-state index >= 15 is 0 Å². The van der Waals surface area contributed by atoms with Crippen molar-refractivity contribution >= 4 is 5.97 Å². The molecule has 2 unspecified atom stereocenters. The highest BCUT2D eigenvalue weighted by Gasteiger charge is 2.36. The molecule has 2 atom stereocenters. The average Bonchev–Trinajstić information content (AvgIpc) is 2.62. The van der Waals surface area contributed by atoms with E-state index in [0.29, 0.717) is 19.4 Å². The highest BCUT2D eigenvalue weighted by molar-refractivity contribution is 5.73. The summed E-state index contributed by atoms with van der Waals surface area (Å²) in [6, 6.07) is 9.04. The number of aliphatic hydroxyl groups is 1. The molecule has 0 saturated carbocycles. The Morgan fingerprint density at radius 1 is 1.31 bits per heavy atom. The van der Waals surface area contributed by atoms with E-state index in [0.717, 1.165) is 5.56 Å². The van der Waals surface area contributed by atoms with Gasteiger partial charge in [0.1, 0.15) is 12.3 Å². The van der Waals surface area contributed by atoms with Gasteiger partial charge in [0.15, 0.2) is 0 Å². The van der Waals surface area contributed by atoms with Crippen LogP contribution in [-0.4, -0.2) is 33.4 Å². The Balaban J connectivity index is 2.10. The van der Waals surface area contributed by atoms with Crippen molar-refractivity contribution in [3.63, 3.8) is 0 Å². The quantitative estimate of drug-likeness (QED) is 0.801. The third kappa shape index (κ3) is 2.23. The fourth-order valence-electron chi connectivity index (χ4n) is 2.12. The fraction of sp³-hybridized carbons (Fsp3) is 0.417. The molecule has 0 bridgehead atoms. The van der Waals surface area contributed by atoms with Gasteiger partial charge < -0.3 is 10.2 Å². The lowest BCUT2D eigenvalue weighted by molar-refractivity contribution is -0.145. The minimum atomic E-state index is -0.854. The molecule has 0 radical (unpaired) electrons. The fourth-order valence-corrected chi connectivity index (χ4v) is 2.12. The number of carboxylic acid groups (broad SMARTS) is 1. The lowest BCUT2D eigenvalue weighted by Gasteiger charge is -2.24. The molecule has 0 aliphatic carbocycles. The minimum Gasteiger partial charge on any atom is -0.480 e. The summed E-state index contributed by atoms with van der Waals surface area (Å²) in [5, 5.41) is 18.8. The predicted octanol–water partition coefficient (Wildman–Crippen LogP) is 1.05. The van der Waals surface area contributed by atoms with Gasteiger partial charge in [0.25, 0.3) is 0 Å². The monoisotopic (exact) mass is 221 g/mol. The zero-order valence-corrected chi connectivity index (χ0v) is 8.91. The van der Waals surface area contributed by atoms with Crippen LogP contribution in [0.2, 0.25) is 0 Å². The minimum absolute atomic E-state index is 0.485. The van der Waals surface area contributed by atoms with E-state index in [4.69, 9.17) is 5.11 Å². The molecule has 0 aromatic heterocycles. The lowest BCUT2D eigenvalue weighted by Crippen LogP contribution is -2.40. The number of rotatable bonds is 3. The number of benzene rings is 1. The molecule has 86 valence electrons. The molecule has 2 rings (SSSR count). The van der Waals surface area contributed by atoms with Gasteiger partial charge >= 0.3 is 5.97 Å². The molecule has 4 nitrogen and oxygen atoms in total. The van der Waals surface area contributed by atoms with Crippen LogP contribution in [0.25, 0.3) is 0 Å². The van der Waals surface area contributed by atoms with E-state index < -0.39 is 18.2 Å². The van der Waals surface area contributed by atoms with E-state index in [1.54, 1.807) is 4.90 Å². The Morgan fingerprint density at radius 3 is 2.62 bits per heavy atom.